The smallest absolute Gasteiger partial charge is 0.158 e. The largest absolute Gasteiger partial charge is 0.467 e. The number of fused-ring (bicyclic) bond motifs is 1. The topological polar surface area (TPSA) is 86.2 Å². The van der Waals surface area contributed by atoms with Crippen molar-refractivity contribution in [2.75, 3.05) is 5.43 Å². The Morgan fingerprint density at radius 3 is 3.05 bits per heavy atom. The predicted molar refractivity (Wildman–Crippen MR) is 72.4 cm³/mol. The van der Waals surface area contributed by atoms with E-state index in [2.05, 4.69) is 15.4 Å². The summed E-state index contributed by atoms with van der Waals surface area (Å²) >= 11 is 1.54. The van der Waals surface area contributed by atoms with Crippen molar-refractivity contribution in [2.45, 2.75) is 13.2 Å². The minimum atomic E-state index is 0.309. The summed E-state index contributed by atoms with van der Waals surface area (Å²) in [5, 5.41) is 2.87. The van der Waals surface area contributed by atoms with Crippen molar-refractivity contribution >= 4 is 27.4 Å². The molecule has 0 radical (unpaired) electrons. The molecule has 7 heteroatoms. The lowest BCUT2D eigenvalue weighted by Gasteiger charge is -2.05. The minimum absolute atomic E-state index is 0.309. The van der Waals surface area contributed by atoms with Gasteiger partial charge in [-0.05, 0) is 23.6 Å². The number of thiophene rings is 1. The van der Waals surface area contributed by atoms with Crippen LogP contribution >= 0.6 is 11.3 Å². The summed E-state index contributed by atoms with van der Waals surface area (Å²) in [6, 6.07) is 5.61. The molecule has 0 atom stereocenters. The molecule has 0 aliphatic heterocycles. The molecule has 3 heterocycles. The zero-order valence-electron chi connectivity index (χ0n) is 10.00. The maximum absolute atomic E-state index is 5.51. The highest BCUT2D eigenvalue weighted by Crippen LogP contribution is 2.24. The van der Waals surface area contributed by atoms with E-state index in [0.29, 0.717) is 24.9 Å². The average Bonchev–Trinajstić information content (AvgIpc) is 3.08. The van der Waals surface area contributed by atoms with Gasteiger partial charge in [-0.1, -0.05) is 0 Å². The molecule has 0 amide bonds. The number of rotatable bonds is 5. The quantitative estimate of drug-likeness (QED) is 0.549. The van der Waals surface area contributed by atoms with E-state index in [4.69, 9.17) is 15.0 Å². The molecule has 3 rings (SSSR count). The van der Waals surface area contributed by atoms with E-state index in [1.807, 2.05) is 23.6 Å². The fourth-order valence-corrected chi connectivity index (χ4v) is 2.49. The number of furan rings is 1. The van der Waals surface area contributed by atoms with E-state index in [1.54, 1.807) is 17.6 Å². The number of anilines is 1. The Bertz CT molecular complexity index is 665. The van der Waals surface area contributed by atoms with Gasteiger partial charge >= 0.3 is 0 Å². The Kier molecular flexibility index (Phi) is 3.41. The van der Waals surface area contributed by atoms with E-state index in [1.165, 1.54) is 0 Å². The summed E-state index contributed by atoms with van der Waals surface area (Å²) in [5.74, 6) is 7.44. The maximum atomic E-state index is 5.51. The van der Waals surface area contributed by atoms with Crippen molar-refractivity contribution in [1.82, 2.24) is 9.97 Å². The summed E-state index contributed by atoms with van der Waals surface area (Å²) in [4.78, 5) is 9.62. The molecule has 0 fully saturated rings. The van der Waals surface area contributed by atoms with Crippen LogP contribution in [0.5, 0.6) is 0 Å². The van der Waals surface area contributed by atoms with Crippen molar-refractivity contribution in [1.29, 1.82) is 0 Å². The molecular formula is C12H12N4O2S. The number of ether oxygens (including phenoxy) is 1. The highest BCUT2D eigenvalue weighted by Gasteiger charge is 2.08. The first-order chi connectivity index (χ1) is 9.36. The van der Waals surface area contributed by atoms with Crippen LogP contribution in [0, 0.1) is 0 Å². The van der Waals surface area contributed by atoms with Gasteiger partial charge in [-0.2, -0.15) is 0 Å². The predicted octanol–water partition coefficient (Wildman–Crippen LogP) is 2.29. The van der Waals surface area contributed by atoms with Gasteiger partial charge in [0.1, 0.15) is 23.8 Å². The Balaban J connectivity index is 1.73. The van der Waals surface area contributed by atoms with Crippen LogP contribution in [0.3, 0.4) is 0 Å². The molecule has 0 spiro atoms. The number of aromatic nitrogens is 2. The summed E-state index contributed by atoms with van der Waals surface area (Å²) in [7, 11) is 0. The van der Waals surface area contributed by atoms with Crippen molar-refractivity contribution < 1.29 is 9.15 Å². The summed E-state index contributed by atoms with van der Waals surface area (Å²) in [6.45, 7) is 0.702. The molecule has 0 unspecified atom stereocenters. The maximum Gasteiger partial charge on any atom is 0.158 e. The van der Waals surface area contributed by atoms with Gasteiger partial charge < -0.3 is 14.6 Å². The Hall–Kier alpha value is -1.96. The SMILES string of the molecule is NNc1nc(COCc2ccco2)nc2sccc12. The van der Waals surface area contributed by atoms with Gasteiger partial charge in [0.15, 0.2) is 11.6 Å². The molecule has 0 aromatic carbocycles. The van der Waals surface area contributed by atoms with Crippen LogP contribution in [-0.2, 0) is 18.0 Å². The van der Waals surface area contributed by atoms with Gasteiger partial charge in [-0.15, -0.1) is 11.3 Å². The van der Waals surface area contributed by atoms with Crippen LogP contribution in [0.15, 0.2) is 34.3 Å². The van der Waals surface area contributed by atoms with Gasteiger partial charge in [-0.3, -0.25) is 0 Å². The number of nitrogens with one attached hydrogen (secondary N) is 1. The first-order valence-electron chi connectivity index (χ1n) is 5.67. The highest BCUT2D eigenvalue weighted by atomic mass is 32.1. The van der Waals surface area contributed by atoms with Crippen molar-refractivity contribution in [3.05, 3.63) is 41.4 Å². The summed E-state index contributed by atoms with van der Waals surface area (Å²) in [5.41, 5.74) is 2.58. The van der Waals surface area contributed by atoms with Crippen LogP contribution in [-0.4, -0.2) is 9.97 Å². The zero-order chi connectivity index (χ0) is 13.1. The van der Waals surface area contributed by atoms with Crippen LogP contribution in [0.2, 0.25) is 0 Å². The van der Waals surface area contributed by atoms with Gasteiger partial charge in [0, 0.05) is 0 Å². The van der Waals surface area contributed by atoms with E-state index in [9.17, 15) is 0 Å². The molecule has 0 aliphatic carbocycles. The molecule has 0 bridgehead atoms. The Morgan fingerprint density at radius 2 is 2.26 bits per heavy atom. The van der Waals surface area contributed by atoms with Crippen LogP contribution in [0.25, 0.3) is 10.2 Å². The van der Waals surface area contributed by atoms with E-state index in [0.717, 1.165) is 16.0 Å². The van der Waals surface area contributed by atoms with Gasteiger partial charge in [0.05, 0.1) is 11.6 Å². The number of hydrazine groups is 1. The Morgan fingerprint density at radius 1 is 1.32 bits per heavy atom. The second kappa shape index (κ2) is 5.35. The first kappa shape index (κ1) is 12.1. The van der Waals surface area contributed by atoms with Gasteiger partial charge in [0.25, 0.3) is 0 Å². The zero-order valence-corrected chi connectivity index (χ0v) is 10.8. The normalized spacial score (nSPS) is 11.0. The third-order valence-electron chi connectivity index (χ3n) is 2.56. The highest BCUT2D eigenvalue weighted by molar-refractivity contribution is 7.16. The van der Waals surface area contributed by atoms with E-state index < -0.39 is 0 Å². The number of nitrogens with zero attached hydrogens (tertiary/aromatic N) is 2. The lowest BCUT2D eigenvalue weighted by Crippen LogP contribution is -2.11. The Labute approximate surface area is 113 Å². The second-order valence-corrected chi connectivity index (χ2v) is 4.74. The number of hydrogen-bond acceptors (Lipinski definition) is 7. The molecule has 6 nitrogen and oxygen atoms in total. The first-order valence-corrected chi connectivity index (χ1v) is 6.55. The minimum Gasteiger partial charge on any atom is -0.467 e. The van der Waals surface area contributed by atoms with Crippen LogP contribution in [0.1, 0.15) is 11.6 Å². The fraction of sp³-hybridized carbons (Fsp3) is 0.167. The van der Waals surface area contributed by atoms with Crippen LogP contribution < -0.4 is 11.3 Å². The molecule has 19 heavy (non-hydrogen) atoms. The van der Waals surface area contributed by atoms with Crippen molar-refractivity contribution in [2.24, 2.45) is 5.84 Å². The molecule has 0 aliphatic rings. The fourth-order valence-electron chi connectivity index (χ4n) is 1.71. The van der Waals surface area contributed by atoms with Crippen LogP contribution in [0.4, 0.5) is 5.82 Å². The molecule has 3 aromatic heterocycles. The average molecular weight is 276 g/mol. The third kappa shape index (κ3) is 2.58. The second-order valence-electron chi connectivity index (χ2n) is 3.84. The molecule has 0 saturated carbocycles. The molecule has 3 N–H and O–H groups in total. The number of hydrogen-bond donors (Lipinski definition) is 2. The summed E-state index contributed by atoms with van der Waals surface area (Å²) in [6.07, 6.45) is 1.61. The molecule has 3 aromatic rings. The lowest BCUT2D eigenvalue weighted by atomic mass is 10.4. The third-order valence-corrected chi connectivity index (χ3v) is 3.37. The molecular weight excluding hydrogens is 264 g/mol. The molecule has 98 valence electrons. The van der Waals surface area contributed by atoms with E-state index in [-0.39, 0.29) is 0 Å². The van der Waals surface area contributed by atoms with Gasteiger partial charge in [-0.25, -0.2) is 15.8 Å². The lowest BCUT2D eigenvalue weighted by molar-refractivity contribution is 0.0884. The van der Waals surface area contributed by atoms with Crippen molar-refractivity contribution in [3.63, 3.8) is 0 Å². The number of nitrogen functional groups attached to an aromatic ring is 1. The van der Waals surface area contributed by atoms with E-state index >= 15 is 0 Å². The molecule has 0 saturated heterocycles. The van der Waals surface area contributed by atoms with Gasteiger partial charge in [0.2, 0.25) is 0 Å². The van der Waals surface area contributed by atoms with Crippen molar-refractivity contribution in [3.8, 4) is 0 Å². The standard InChI is InChI=1S/C12H12N4O2S/c13-16-11-9-3-5-19-12(9)15-10(14-11)7-17-6-8-2-1-4-18-8/h1-5H,6-7,13H2,(H,14,15,16). The monoisotopic (exact) mass is 276 g/mol. The number of nitrogens with two attached hydrogens (primary N) is 1. The summed E-state index contributed by atoms with van der Waals surface area (Å²) < 4.78 is 10.7.